The van der Waals surface area contributed by atoms with Gasteiger partial charge in [-0.25, -0.2) is 0 Å². The molecule has 0 aliphatic carbocycles. The highest BCUT2D eigenvalue weighted by Crippen LogP contribution is 2.31. The van der Waals surface area contributed by atoms with Crippen molar-refractivity contribution in [3.8, 4) is 16.9 Å². The Morgan fingerprint density at radius 3 is 2.31 bits per heavy atom. The number of fused-ring (bicyclic) bond motifs is 2. The third-order valence-corrected chi connectivity index (χ3v) is 6.61. The van der Waals surface area contributed by atoms with E-state index in [2.05, 4.69) is 40.0 Å². The molecule has 0 unspecified atom stereocenters. The summed E-state index contributed by atoms with van der Waals surface area (Å²) in [6, 6.07) is 20.0. The summed E-state index contributed by atoms with van der Waals surface area (Å²) < 4.78 is 17.0. The van der Waals surface area contributed by atoms with Crippen LogP contribution in [-0.2, 0) is 14.3 Å². The Bertz CT molecular complexity index is 1630. The standard InChI is InChI=1S/C28H25N3O3.C2H6O.CH2O/c1-18-7-8-22(30-10-13-33-14-11-30)17-25(18)31-28(32)24-6-4-3-5-23(24)26(29-31)21-15-19(2)27-20(16-21)9-12-34-27;1-3-2;1-2/h3-9,12,15-17H,10-11,13-14H2,1-2H3;1-2H3;1H2. The summed E-state index contributed by atoms with van der Waals surface area (Å²) in [7, 11) is 3.25. The van der Waals surface area contributed by atoms with Crippen molar-refractivity contribution in [1.29, 1.82) is 0 Å². The minimum absolute atomic E-state index is 0.123. The van der Waals surface area contributed by atoms with Crippen LogP contribution in [0.4, 0.5) is 5.69 Å². The van der Waals surface area contributed by atoms with Gasteiger partial charge in [0.2, 0.25) is 0 Å². The Morgan fingerprint density at radius 1 is 0.897 bits per heavy atom. The van der Waals surface area contributed by atoms with Gasteiger partial charge in [0.15, 0.2) is 0 Å². The third kappa shape index (κ3) is 5.62. The highest BCUT2D eigenvalue weighted by molar-refractivity contribution is 5.96. The van der Waals surface area contributed by atoms with Crippen molar-refractivity contribution in [3.63, 3.8) is 0 Å². The number of morpholine rings is 1. The number of hydrogen-bond acceptors (Lipinski definition) is 7. The van der Waals surface area contributed by atoms with Crippen LogP contribution < -0.4 is 10.5 Å². The molecule has 1 aliphatic rings. The molecule has 3 heterocycles. The maximum atomic E-state index is 13.6. The minimum Gasteiger partial charge on any atom is -0.464 e. The summed E-state index contributed by atoms with van der Waals surface area (Å²) in [5.41, 5.74) is 6.38. The number of methoxy groups -OCH3 is 1. The average molecular weight is 528 g/mol. The first kappa shape index (κ1) is 27.8. The fraction of sp³-hybridized carbons (Fsp3) is 0.258. The number of benzene rings is 3. The molecule has 0 radical (unpaired) electrons. The van der Waals surface area contributed by atoms with Gasteiger partial charge in [0.05, 0.1) is 36.2 Å². The number of aryl methyl sites for hydroxylation is 2. The van der Waals surface area contributed by atoms with Gasteiger partial charge in [-0.3, -0.25) is 4.79 Å². The molecule has 0 N–H and O–H groups in total. The maximum Gasteiger partial charge on any atom is 0.279 e. The van der Waals surface area contributed by atoms with Gasteiger partial charge in [0.25, 0.3) is 5.56 Å². The SMILES string of the molecule is C=O.COC.Cc1ccc(N2CCOCC2)cc1-n1nc(-c2cc(C)c3occc3c2)c2ccccc2c1=O. The second-order valence-corrected chi connectivity index (χ2v) is 9.22. The summed E-state index contributed by atoms with van der Waals surface area (Å²) in [6.45, 7) is 9.12. The molecule has 1 fully saturated rings. The highest BCUT2D eigenvalue weighted by Gasteiger charge is 2.18. The fourth-order valence-electron chi connectivity index (χ4n) is 4.81. The van der Waals surface area contributed by atoms with Crippen LogP contribution in [0.3, 0.4) is 0 Å². The molecule has 3 aromatic carbocycles. The van der Waals surface area contributed by atoms with Crippen LogP contribution in [0, 0.1) is 13.8 Å². The molecule has 1 aliphatic heterocycles. The van der Waals surface area contributed by atoms with Gasteiger partial charge in [-0.2, -0.15) is 9.78 Å². The van der Waals surface area contributed by atoms with Crippen LogP contribution in [0.2, 0.25) is 0 Å². The lowest BCUT2D eigenvalue weighted by molar-refractivity contribution is -0.0980. The number of ether oxygens (including phenoxy) is 2. The molecular formula is C31H33N3O5. The van der Waals surface area contributed by atoms with Crippen molar-refractivity contribution in [3.05, 3.63) is 88.4 Å². The lowest BCUT2D eigenvalue weighted by Crippen LogP contribution is -2.36. The van der Waals surface area contributed by atoms with E-state index in [9.17, 15) is 4.79 Å². The number of carbonyl (C=O) groups is 1. The van der Waals surface area contributed by atoms with E-state index in [1.54, 1.807) is 25.2 Å². The molecule has 0 saturated carbocycles. The third-order valence-electron chi connectivity index (χ3n) is 6.61. The molecule has 6 rings (SSSR count). The number of anilines is 1. The predicted molar refractivity (Wildman–Crippen MR) is 155 cm³/mol. The normalized spacial score (nSPS) is 13.0. The van der Waals surface area contributed by atoms with Crippen molar-refractivity contribution >= 4 is 34.2 Å². The molecule has 8 nitrogen and oxygen atoms in total. The zero-order valence-electron chi connectivity index (χ0n) is 22.8. The van der Waals surface area contributed by atoms with Gasteiger partial charge in [-0.1, -0.05) is 24.3 Å². The second-order valence-electron chi connectivity index (χ2n) is 9.22. The lowest BCUT2D eigenvalue weighted by Gasteiger charge is -2.29. The summed E-state index contributed by atoms with van der Waals surface area (Å²) in [5, 5.41) is 7.46. The molecule has 0 amide bonds. The van der Waals surface area contributed by atoms with E-state index in [1.807, 2.05) is 51.0 Å². The van der Waals surface area contributed by atoms with Gasteiger partial charge in [0, 0.05) is 49.3 Å². The molecule has 0 spiro atoms. The highest BCUT2D eigenvalue weighted by atomic mass is 16.5. The summed E-state index contributed by atoms with van der Waals surface area (Å²) in [6.07, 6.45) is 1.70. The Kier molecular flexibility index (Phi) is 8.91. The van der Waals surface area contributed by atoms with Gasteiger partial charge in [-0.15, -0.1) is 0 Å². The number of aromatic nitrogens is 2. The van der Waals surface area contributed by atoms with E-state index in [0.29, 0.717) is 18.6 Å². The first-order valence-corrected chi connectivity index (χ1v) is 12.6. The first-order chi connectivity index (χ1) is 19.0. The molecule has 5 aromatic rings. The number of nitrogens with zero attached hydrogens (tertiary/aromatic N) is 3. The van der Waals surface area contributed by atoms with E-state index in [1.165, 1.54) is 0 Å². The monoisotopic (exact) mass is 527 g/mol. The van der Waals surface area contributed by atoms with Crippen LogP contribution in [0.1, 0.15) is 11.1 Å². The Balaban J connectivity index is 0.000000662. The number of hydrogen-bond donors (Lipinski definition) is 0. The lowest BCUT2D eigenvalue weighted by atomic mass is 10.0. The molecule has 8 heteroatoms. The molecular weight excluding hydrogens is 494 g/mol. The molecule has 0 bridgehead atoms. The van der Waals surface area contributed by atoms with Crippen LogP contribution in [0.15, 0.2) is 76.1 Å². The molecule has 1 saturated heterocycles. The average Bonchev–Trinajstić information content (AvgIpc) is 3.46. The molecule has 0 atom stereocenters. The van der Waals surface area contributed by atoms with E-state index in [4.69, 9.17) is 19.0 Å². The van der Waals surface area contributed by atoms with Gasteiger partial charge >= 0.3 is 0 Å². The van der Waals surface area contributed by atoms with Gasteiger partial charge in [-0.05, 0) is 61.4 Å². The number of carbonyl (C=O) groups excluding carboxylic acids is 1. The van der Waals surface area contributed by atoms with Crippen LogP contribution >= 0.6 is 0 Å². The topological polar surface area (TPSA) is 86.8 Å². The van der Waals surface area contributed by atoms with Crippen LogP contribution in [0.25, 0.3) is 38.7 Å². The summed E-state index contributed by atoms with van der Waals surface area (Å²) >= 11 is 0. The summed E-state index contributed by atoms with van der Waals surface area (Å²) in [4.78, 5) is 23.9. The molecule has 202 valence electrons. The number of rotatable bonds is 3. The van der Waals surface area contributed by atoms with Crippen molar-refractivity contribution < 1.29 is 18.7 Å². The van der Waals surface area contributed by atoms with Crippen LogP contribution in [0.5, 0.6) is 0 Å². The van der Waals surface area contributed by atoms with E-state index < -0.39 is 0 Å². The predicted octanol–water partition coefficient (Wildman–Crippen LogP) is 5.33. The smallest absolute Gasteiger partial charge is 0.279 e. The molecule has 2 aromatic heterocycles. The van der Waals surface area contributed by atoms with Crippen LogP contribution in [-0.4, -0.2) is 57.1 Å². The Hall–Kier alpha value is -4.27. The van der Waals surface area contributed by atoms with Gasteiger partial charge in [0.1, 0.15) is 12.4 Å². The molecule has 39 heavy (non-hydrogen) atoms. The van der Waals surface area contributed by atoms with Crippen molar-refractivity contribution in [1.82, 2.24) is 9.78 Å². The van der Waals surface area contributed by atoms with Crippen molar-refractivity contribution in [2.24, 2.45) is 0 Å². The van der Waals surface area contributed by atoms with Crippen molar-refractivity contribution in [2.75, 3.05) is 45.4 Å². The van der Waals surface area contributed by atoms with Gasteiger partial charge < -0.3 is 23.6 Å². The Labute approximate surface area is 227 Å². The summed E-state index contributed by atoms with van der Waals surface area (Å²) in [5.74, 6) is 0. The van der Waals surface area contributed by atoms with E-state index >= 15 is 0 Å². The van der Waals surface area contributed by atoms with Crippen molar-refractivity contribution in [2.45, 2.75) is 13.8 Å². The second kappa shape index (κ2) is 12.5. The van der Waals surface area contributed by atoms with E-state index in [0.717, 1.165) is 63.2 Å². The minimum atomic E-state index is -0.123. The fourth-order valence-corrected chi connectivity index (χ4v) is 4.81. The Morgan fingerprint density at radius 2 is 1.59 bits per heavy atom. The largest absolute Gasteiger partial charge is 0.464 e. The first-order valence-electron chi connectivity index (χ1n) is 12.6. The number of furan rings is 1. The van der Waals surface area contributed by atoms with E-state index in [-0.39, 0.29) is 5.56 Å². The zero-order chi connectivity index (χ0) is 27.9. The zero-order valence-corrected chi connectivity index (χ0v) is 22.8. The maximum absolute atomic E-state index is 13.6. The quantitative estimate of drug-likeness (QED) is 0.313.